The van der Waals surface area contributed by atoms with E-state index >= 15 is 0 Å². The monoisotopic (exact) mass is 427 g/mol. The van der Waals surface area contributed by atoms with Gasteiger partial charge in [-0.2, -0.15) is 4.73 Å². The molecule has 3 heterocycles. The van der Waals surface area contributed by atoms with Gasteiger partial charge in [0.1, 0.15) is 5.56 Å². The minimum atomic E-state index is 0.00685. The highest BCUT2D eigenvalue weighted by atomic mass is 35.5. The number of likely N-dealkylation sites (tertiary alicyclic amines) is 2. The van der Waals surface area contributed by atoms with E-state index in [1.54, 1.807) is 13.0 Å². The van der Waals surface area contributed by atoms with Crippen LogP contribution >= 0.6 is 11.6 Å². The molecule has 1 aromatic carbocycles. The summed E-state index contributed by atoms with van der Waals surface area (Å²) in [6.45, 7) is 10.4. The number of aromatic nitrogens is 1. The smallest absolute Gasteiger partial charge is 0.260 e. The van der Waals surface area contributed by atoms with E-state index in [0.29, 0.717) is 23.1 Å². The first-order chi connectivity index (χ1) is 14.3. The Balaban J connectivity index is 1.29. The van der Waals surface area contributed by atoms with Gasteiger partial charge in [-0.25, -0.2) is 0 Å². The summed E-state index contributed by atoms with van der Waals surface area (Å²) in [7, 11) is 0. The Labute approximate surface area is 183 Å². The van der Waals surface area contributed by atoms with Gasteiger partial charge in [0.2, 0.25) is 5.69 Å². The lowest BCUT2D eigenvalue weighted by Crippen LogP contribution is -2.38. The number of carbonyl (C=O) groups is 1. The highest BCUT2D eigenvalue weighted by Crippen LogP contribution is 2.32. The van der Waals surface area contributed by atoms with Crippen LogP contribution in [0.4, 0.5) is 0 Å². The zero-order valence-corrected chi connectivity index (χ0v) is 18.8. The lowest BCUT2D eigenvalue weighted by Gasteiger charge is -2.22. The molecule has 6 heteroatoms. The predicted octanol–water partition coefficient (Wildman–Crippen LogP) is 3.54. The van der Waals surface area contributed by atoms with Gasteiger partial charge < -0.3 is 15.0 Å². The second-order valence-electron chi connectivity index (χ2n) is 8.96. The fourth-order valence-corrected chi connectivity index (χ4v) is 5.19. The normalized spacial score (nSPS) is 21.3. The molecule has 0 aliphatic carbocycles. The number of hydrogen-bond acceptors (Lipinski definition) is 3. The van der Waals surface area contributed by atoms with Gasteiger partial charge in [-0.3, -0.25) is 4.79 Å². The first-order valence-corrected chi connectivity index (χ1v) is 11.2. The topological polar surface area (TPSA) is 50.5 Å². The van der Waals surface area contributed by atoms with Crippen LogP contribution in [0.25, 0.3) is 0 Å². The number of nitrogens with zero attached hydrogens (tertiary/aromatic N) is 3. The Bertz CT molecular complexity index is 948. The molecule has 2 fully saturated rings. The Morgan fingerprint density at radius 1 is 1.10 bits per heavy atom. The molecule has 1 amide bonds. The van der Waals surface area contributed by atoms with Crippen molar-refractivity contribution in [1.82, 2.24) is 9.80 Å². The zero-order chi connectivity index (χ0) is 21.4. The number of halogens is 1. The third-order valence-corrected chi connectivity index (χ3v) is 7.19. The van der Waals surface area contributed by atoms with Crippen LogP contribution in [-0.4, -0.2) is 48.4 Å². The van der Waals surface area contributed by atoms with Crippen LogP contribution in [0.5, 0.6) is 0 Å². The van der Waals surface area contributed by atoms with Crippen LogP contribution in [0.2, 0.25) is 5.02 Å². The van der Waals surface area contributed by atoms with Gasteiger partial charge in [-0.15, -0.1) is 0 Å². The lowest BCUT2D eigenvalue weighted by molar-refractivity contribution is -0.612. The molecule has 2 saturated heterocycles. The van der Waals surface area contributed by atoms with Gasteiger partial charge in [0.05, 0.1) is 0 Å². The first-order valence-electron chi connectivity index (χ1n) is 10.8. The molecule has 0 saturated carbocycles. The molecule has 2 unspecified atom stereocenters. The summed E-state index contributed by atoms with van der Waals surface area (Å²) in [5, 5.41) is 12.8. The van der Waals surface area contributed by atoms with E-state index in [-0.39, 0.29) is 5.91 Å². The van der Waals surface area contributed by atoms with Gasteiger partial charge in [0, 0.05) is 44.2 Å². The number of pyridine rings is 1. The standard InChI is InChI=1S/C24H30ClN3O2/c1-16-6-7-19(11-22(16)25)5-4-9-26-12-20-14-27(15-21(20)13-26)24(29)23-17(2)8-10-28(30)18(23)3/h6-8,10-11,20-21H,4-5,9,12-15H2,1-3H3. The number of hydrogen-bond donors (Lipinski definition) is 0. The van der Waals surface area contributed by atoms with Crippen LogP contribution in [0.1, 0.15) is 39.2 Å². The Kier molecular flexibility index (Phi) is 6.03. The quantitative estimate of drug-likeness (QED) is 0.541. The van der Waals surface area contributed by atoms with Crippen molar-refractivity contribution in [2.45, 2.75) is 33.6 Å². The summed E-state index contributed by atoms with van der Waals surface area (Å²) in [6, 6.07) is 8.07. The van der Waals surface area contributed by atoms with E-state index in [1.165, 1.54) is 11.8 Å². The SMILES string of the molecule is Cc1ccc(CCCN2CC3CN(C(=O)c4c(C)cc[n+]([O-])c4C)CC3C2)cc1Cl. The van der Waals surface area contributed by atoms with Crippen LogP contribution in [0.3, 0.4) is 0 Å². The van der Waals surface area contributed by atoms with Crippen molar-refractivity contribution in [2.24, 2.45) is 11.8 Å². The maximum Gasteiger partial charge on any atom is 0.260 e. The van der Waals surface area contributed by atoms with Crippen molar-refractivity contribution in [2.75, 3.05) is 32.7 Å². The van der Waals surface area contributed by atoms with Gasteiger partial charge in [0.25, 0.3) is 5.91 Å². The Morgan fingerprint density at radius 2 is 1.80 bits per heavy atom. The average molecular weight is 428 g/mol. The Morgan fingerprint density at radius 3 is 2.47 bits per heavy atom. The molecular formula is C24H30ClN3O2. The molecule has 1 aromatic heterocycles. The molecule has 0 spiro atoms. The van der Waals surface area contributed by atoms with Crippen molar-refractivity contribution in [1.29, 1.82) is 0 Å². The third-order valence-electron chi connectivity index (χ3n) is 6.79. The van der Waals surface area contributed by atoms with Crippen LogP contribution < -0.4 is 4.73 Å². The summed E-state index contributed by atoms with van der Waals surface area (Å²) in [6.07, 6.45) is 3.63. The average Bonchev–Trinajstić information content (AvgIpc) is 3.26. The van der Waals surface area contributed by atoms with E-state index in [9.17, 15) is 10.0 Å². The minimum Gasteiger partial charge on any atom is -0.618 e. The first kappa shape index (κ1) is 21.1. The number of carbonyl (C=O) groups excluding carboxylic acids is 1. The molecule has 2 aromatic rings. The molecular weight excluding hydrogens is 398 g/mol. The molecule has 0 bridgehead atoms. The fourth-order valence-electron chi connectivity index (χ4n) is 4.99. The number of rotatable bonds is 5. The summed E-state index contributed by atoms with van der Waals surface area (Å²) < 4.78 is 0.792. The molecule has 160 valence electrons. The predicted molar refractivity (Wildman–Crippen MR) is 119 cm³/mol. The summed E-state index contributed by atoms with van der Waals surface area (Å²) >= 11 is 6.23. The van der Waals surface area contributed by atoms with Gasteiger partial charge in [-0.1, -0.05) is 23.7 Å². The van der Waals surface area contributed by atoms with Crippen LogP contribution in [0, 0.1) is 37.8 Å². The van der Waals surface area contributed by atoms with Gasteiger partial charge >= 0.3 is 0 Å². The highest BCUT2D eigenvalue weighted by molar-refractivity contribution is 6.31. The van der Waals surface area contributed by atoms with E-state index in [1.807, 2.05) is 18.7 Å². The molecule has 5 nitrogen and oxygen atoms in total. The van der Waals surface area contributed by atoms with Crippen LogP contribution in [0.15, 0.2) is 30.5 Å². The molecule has 2 aliphatic heterocycles. The summed E-state index contributed by atoms with van der Waals surface area (Å²) in [5.41, 5.74) is 4.36. The molecule has 0 N–H and O–H groups in total. The van der Waals surface area contributed by atoms with Crippen LogP contribution in [-0.2, 0) is 6.42 Å². The zero-order valence-electron chi connectivity index (χ0n) is 18.0. The fraction of sp³-hybridized carbons (Fsp3) is 0.500. The van der Waals surface area contributed by atoms with E-state index in [2.05, 4.69) is 23.1 Å². The maximum absolute atomic E-state index is 13.1. The minimum absolute atomic E-state index is 0.00685. The number of benzene rings is 1. The second-order valence-corrected chi connectivity index (χ2v) is 9.37. The van der Waals surface area contributed by atoms with E-state index < -0.39 is 0 Å². The second kappa shape index (κ2) is 8.56. The van der Waals surface area contributed by atoms with Crippen molar-refractivity contribution >= 4 is 17.5 Å². The number of aryl methyl sites for hydroxylation is 3. The van der Waals surface area contributed by atoms with Crippen molar-refractivity contribution < 1.29 is 9.52 Å². The summed E-state index contributed by atoms with van der Waals surface area (Å²) in [5.74, 6) is 1.07. The van der Waals surface area contributed by atoms with Crippen molar-refractivity contribution in [3.63, 3.8) is 0 Å². The Hall–Kier alpha value is -2.11. The maximum atomic E-state index is 13.1. The largest absolute Gasteiger partial charge is 0.618 e. The number of fused-ring (bicyclic) bond motifs is 1. The highest BCUT2D eigenvalue weighted by Gasteiger charge is 2.42. The van der Waals surface area contributed by atoms with Crippen molar-refractivity contribution in [3.05, 3.63) is 68.6 Å². The molecule has 2 aliphatic rings. The molecule has 2 atom stereocenters. The van der Waals surface area contributed by atoms with E-state index in [0.717, 1.165) is 66.4 Å². The molecule has 30 heavy (non-hydrogen) atoms. The van der Waals surface area contributed by atoms with Gasteiger partial charge in [-0.05, 0) is 67.8 Å². The summed E-state index contributed by atoms with van der Waals surface area (Å²) in [4.78, 5) is 17.6. The lowest BCUT2D eigenvalue weighted by atomic mass is 10.0. The van der Waals surface area contributed by atoms with Gasteiger partial charge in [0.15, 0.2) is 6.20 Å². The molecule has 0 radical (unpaired) electrons. The van der Waals surface area contributed by atoms with Crippen molar-refractivity contribution in [3.8, 4) is 0 Å². The molecule has 4 rings (SSSR count). The third kappa shape index (κ3) is 4.19. The number of amides is 1. The van der Waals surface area contributed by atoms with E-state index in [4.69, 9.17) is 11.6 Å².